The lowest BCUT2D eigenvalue weighted by Gasteiger charge is -2.05. The van der Waals surface area contributed by atoms with E-state index in [0.29, 0.717) is 0 Å². The van der Waals surface area contributed by atoms with E-state index in [-0.39, 0.29) is 0 Å². The molecule has 0 saturated carbocycles. The van der Waals surface area contributed by atoms with Crippen molar-refractivity contribution in [2.45, 2.75) is 232 Å². The molecule has 0 spiro atoms. The molecule has 236 valence electrons. The summed E-state index contributed by atoms with van der Waals surface area (Å²) in [6, 6.07) is 0. The maximum Gasteiger partial charge on any atom is 0.0466 e. The van der Waals surface area contributed by atoms with E-state index in [1.807, 2.05) is 0 Å². The Balaban J connectivity index is 3.01. The third kappa shape index (κ3) is 38.0. The molecule has 0 bridgehead atoms. The first-order valence-electron chi connectivity index (χ1n) is 19.0. The van der Waals surface area contributed by atoms with Crippen LogP contribution in [0.2, 0.25) is 0 Å². The van der Waals surface area contributed by atoms with Gasteiger partial charge in [-0.25, -0.2) is 0 Å². The zero-order chi connectivity index (χ0) is 28.2. The maximum absolute atomic E-state index is 5.87. The monoisotopic (exact) mass is 551 g/mol. The van der Waals surface area contributed by atoms with Crippen LogP contribution in [-0.2, 0) is 4.74 Å². The van der Waals surface area contributed by atoms with Crippen molar-refractivity contribution in [2.24, 2.45) is 0 Å². The van der Waals surface area contributed by atoms with E-state index in [4.69, 9.17) is 4.74 Å². The van der Waals surface area contributed by atoms with Crippen LogP contribution in [-0.4, -0.2) is 13.2 Å². The lowest BCUT2D eigenvalue weighted by Crippen LogP contribution is -1.97. The van der Waals surface area contributed by atoms with Crippen molar-refractivity contribution in [1.29, 1.82) is 0 Å². The summed E-state index contributed by atoms with van der Waals surface area (Å²) in [5, 5.41) is 0. The van der Waals surface area contributed by atoms with E-state index in [1.165, 1.54) is 218 Å². The first-order valence-corrected chi connectivity index (χ1v) is 19.0. The van der Waals surface area contributed by atoms with Crippen LogP contribution in [0.15, 0.2) is 0 Å². The molecule has 0 aliphatic rings. The Morgan fingerprint density at radius 1 is 0.205 bits per heavy atom. The normalized spacial score (nSPS) is 11.5. The SMILES string of the molecule is CCCCCCCCCCCCCCCCCCCCCCCCOCCCCCCCCCCCCCC. The summed E-state index contributed by atoms with van der Waals surface area (Å²) in [6.45, 7) is 6.60. The minimum Gasteiger partial charge on any atom is -0.381 e. The van der Waals surface area contributed by atoms with Crippen LogP contribution in [0.3, 0.4) is 0 Å². The number of rotatable bonds is 36. The molecule has 0 aromatic heterocycles. The topological polar surface area (TPSA) is 9.23 Å². The molecule has 0 heterocycles. The molecule has 0 aromatic rings. The van der Waals surface area contributed by atoms with Gasteiger partial charge in [0.1, 0.15) is 0 Å². The van der Waals surface area contributed by atoms with Gasteiger partial charge in [0.05, 0.1) is 0 Å². The standard InChI is InChI=1S/C38H78O/c1-3-5-7-9-11-13-15-17-18-19-20-21-22-23-24-25-26-28-30-32-34-36-38-39-37-35-33-31-29-27-16-14-12-10-8-6-4-2/h3-38H2,1-2H3. The molecule has 0 aliphatic carbocycles. The molecular weight excluding hydrogens is 472 g/mol. The van der Waals surface area contributed by atoms with Crippen molar-refractivity contribution in [2.75, 3.05) is 13.2 Å². The summed E-state index contributed by atoms with van der Waals surface area (Å²) in [7, 11) is 0. The predicted octanol–water partition coefficient (Wildman–Crippen LogP) is 14.3. The number of unbranched alkanes of at least 4 members (excludes halogenated alkanes) is 32. The van der Waals surface area contributed by atoms with E-state index in [9.17, 15) is 0 Å². The summed E-state index contributed by atoms with van der Waals surface area (Å²) in [4.78, 5) is 0. The van der Waals surface area contributed by atoms with E-state index >= 15 is 0 Å². The second-order valence-corrected chi connectivity index (χ2v) is 12.9. The zero-order valence-electron chi connectivity index (χ0n) is 27.9. The molecule has 0 unspecified atom stereocenters. The molecule has 0 amide bonds. The van der Waals surface area contributed by atoms with Crippen LogP contribution in [0.5, 0.6) is 0 Å². The number of hydrogen-bond acceptors (Lipinski definition) is 1. The van der Waals surface area contributed by atoms with Crippen LogP contribution in [0, 0.1) is 0 Å². The largest absolute Gasteiger partial charge is 0.381 e. The van der Waals surface area contributed by atoms with Gasteiger partial charge in [0.25, 0.3) is 0 Å². The van der Waals surface area contributed by atoms with Gasteiger partial charge in [0, 0.05) is 13.2 Å². The van der Waals surface area contributed by atoms with E-state index < -0.39 is 0 Å². The smallest absolute Gasteiger partial charge is 0.0466 e. The van der Waals surface area contributed by atoms with Crippen LogP contribution in [0.4, 0.5) is 0 Å². The summed E-state index contributed by atoms with van der Waals surface area (Å²) in [5.41, 5.74) is 0. The Bertz CT molecular complexity index is 356. The highest BCUT2D eigenvalue weighted by Crippen LogP contribution is 2.16. The fourth-order valence-corrected chi connectivity index (χ4v) is 5.96. The van der Waals surface area contributed by atoms with Gasteiger partial charge in [-0.3, -0.25) is 0 Å². The molecule has 0 N–H and O–H groups in total. The van der Waals surface area contributed by atoms with Crippen LogP contribution in [0.1, 0.15) is 232 Å². The average Bonchev–Trinajstić information content (AvgIpc) is 2.95. The summed E-state index contributed by atoms with van der Waals surface area (Å²) in [6.07, 6.45) is 49.0. The van der Waals surface area contributed by atoms with Crippen molar-refractivity contribution in [3.05, 3.63) is 0 Å². The molecule has 0 aliphatic heterocycles. The quantitative estimate of drug-likeness (QED) is 0.0705. The van der Waals surface area contributed by atoms with Crippen molar-refractivity contribution in [3.63, 3.8) is 0 Å². The Kier molecular flexibility index (Phi) is 37.9. The first kappa shape index (κ1) is 39.0. The molecule has 1 nitrogen and oxygen atoms in total. The molecule has 1 heteroatoms. The zero-order valence-corrected chi connectivity index (χ0v) is 27.9. The Labute approximate surface area is 249 Å². The highest BCUT2D eigenvalue weighted by molar-refractivity contribution is 4.52. The molecule has 0 rings (SSSR count). The van der Waals surface area contributed by atoms with Gasteiger partial charge < -0.3 is 4.74 Å². The van der Waals surface area contributed by atoms with Gasteiger partial charge in [-0.2, -0.15) is 0 Å². The Morgan fingerprint density at radius 2 is 0.359 bits per heavy atom. The summed E-state index contributed by atoms with van der Waals surface area (Å²) in [5.74, 6) is 0. The van der Waals surface area contributed by atoms with Gasteiger partial charge in [-0.15, -0.1) is 0 Å². The molecule has 0 saturated heterocycles. The maximum atomic E-state index is 5.87. The molecule has 39 heavy (non-hydrogen) atoms. The van der Waals surface area contributed by atoms with E-state index in [2.05, 4.69) is 13.8 Å². The van der Waals surface area contributed by atoms with Gasteiger partial charge in [-0.05, 0) is 12.8 Å². The van der Waals surface area contributed by atoms with E-state index in [1.54, 1.807) is 0 Å². The molecular formula is C38H78O. The lowest BCUT2D eigenvalue weighted by atomic mass is 10.0. The van der Waals surface area contributed by atoms with Crippen molar-refractivity contribution in [1.82, 2.24) is 0 Å². The number of hydrogen-bond donors (Lipinski definition) is 0. The lowest BCUT2D eigenvalue weighted by molar-refractivity contribution is 0.125. The summed E-state index contributed by atoms with van der Waals surface area (Å²) >= 11 is 0. The van der Waals surface area contributed by atoms with Crippen LogP contribution >= 0.6 is 0 Å². The van der Waals surface area contributed by atoms with Crippen molar-refractivity contribution < 1.29 is 4.74 Å². The van der Waals surface area contributed by atoms with Gasteiger partial charge in [0.2, 0.25) is 0 Å². The molecule has 0 radical (unpaired) electrons. The van der Waals surface area contributed by atoms with E-state index in [0.717, 1.165) is 13.2 Å². The Morgan fingerprint density at radius 3 is 0.538 bits per heavy atom. The third-order valence-corrected chi connectivity index (χ3v) is 8.78. The summed E-state index contributed by atoms with van der Waals surface area (Å²) < 4.78 is 5.87. The van der Waals surface area contributed by atoms with Crippen LogP contribution < -0.4 is 0 Å². The second-order valence-electron chi connectivity index (χ2n) is 12.9. The van der Waals surface area contributed by atoms with Crippen molar-refractivity contribution in [3.8, 4) is 0 Å². The Hall–Kier alpha value is -0.0400. The third-order valence-electron chi connectivity index (χ3n) is 8.78. The predicted molar refractivity (Wildman–Crippen MR) is 179 cm³/mol. The highest BCUT2D eigenvalue weighted by atomic mass is 16.5. The van der Waals surface area contributed by atoms with Gasteiger partial charge >= 0.3 is 0 Å². The van der Waals surface area contributed by atoms with Gasteiger partial charge in [-0.1, -0.05) is 219 Å². The fourth-order valence-electron chi connectivity index (χ4n) is 5.96. The molecule has 0 atom stereocenters. The van der Waals surface area contributed by atoms with Crippen molar-refractivity contribution >= 4 is 0 Å². The average molecular weight is 551 g/mol. The minimum atomic E-state index is 0.997. The minimum absolute atomic E-state index is 0.997. The molecule has 0 aromatic carbocycles. The molecule has 0 fully saturated rings. The second kappa shape index (κ2) is 38.0. The van der Waals surface area contributed by atoms with Crippen LogP contribution in [0.25, 0.3) is 0 Å². The highest BCUT2D eigenvalue weighted by Gasteiger charge is 1.97. The number of ether oxygens (including phenoxy) is 1. The fraction of sp³-hybridized carbons (Fsp3) is 1.00. The van der Waals surface area contributed by atoms with Gasteiger partial charge in [0.15, 0.2) is 0 Å². The first-order chi connectivity index (χ1) is 19.4.